The lowest BCUT2D eigenvalue weighted by Gasteiger charge is -2.22. The summed E-state index contributed by atoms with van der Waals surface area (Å²) >= 11 is 0. The molecule has 1 aromatic heterocycles. The number of rotatable bonds is 3. The van der Waals surface area contributed by atoms with Gasteiger partial charge in [-0.2, -0.15) is 0 Å². The molecule has 3 rings (SSSR count). The molecule has 21 heavy (non-hydrogen) atoms. The van der Waals surface area contributed by atoms with Crippen LogP contribution in [-0.2, 0) is 0 Å². The van der Waals surface area contributed by atoms with E-state index in [4.69, 9.17) is 0 Å². The molecule has 2 aliphatic rings. The highest BCUT2D eigenvalue weighted by Crippen LogP contribution is 2.19. The zero-order valence-corrected chi connectivity index (χ0v) is 12.8. The predicted molar refractivity (Wildman–Crippen MR) is 79.2 cm³/mol. The molecule has 116 valence electrons. The van der Waals surface area contributed by atoms with Crippen LogP contribution in [0.2, 0.25) is 0 Å². The molecular formula is C14H24N6O. The number of amides is 1. The third kappa shape index (κ3) is 3.08. The molecule has 1 aromatic rings. The standard InChI is InChI=1S/C14H24N6O/c1-18(2)12-5-8-19(9-12)14(21)13-10-20(17-16-13)11-3-6-15-7-4-11/h10-12,15H,3-9H2,1-2H3. The van der Waals surface area contributed by atoms with E-state index in [0.29, 0.717) is 17.8 Å². The summed E-state index contributed by atoms with van der Waals surface area (Å²) in [6.45, 7) is 3.60. The number of nitrogens with one attached hydrogen (secondary N) is 1. The van der Waals surface area contributed by atoms with E-state index in [2.05, 4.69) is 34.6 Å². The van der Waals surface area contributed by atoms with Crippen LogP contribution in [0.15, 0.2) is 6.20 Å². The van der Waals surface area contributed by atoms with Gasteiger partial charge in [0, 0.05) is 19.1 Å². The Kier molecular flexibility index (Phi) is 4.21. The smallest absolute Gasteiger partial charge is 0.276 e. The van der Waals surface area contributed by atoms with Crippen molar-refractivity contribution < 1.29 is 4.79 Å². The average Bonchev–Trinajstić information content (AvgIpc) is 3.17. The highest BCUT2D eigenvalue weighted by Gasteiger charge is 2.29. The van der Waals surface area contributed by atoms with Crippen LogP contribution in [0.4, 0.5) is 0 Å². The van der Waals surface area contributed by atoms with Gasteiger partial charge in [-0.25, -0.2) is 4.68 Å². The van der Waals surface area contributed by atoms with E-state index in [-0.39, 0.29) is 5.91 Å². The average molecular weight is 292 g/mol. The summed E-state index contributed by atoms with van der Waals surface area (Å²) in [6.07, 6.45) is 4.94. The Labute approximate surface area is 125 Å². The van der Waals surface area contributed by atoms with Crippen molar-refractivity contribution in [3.63, 3.8) is 0 Å². The Hall–Kier alpha value is -1.47. The van der Waals surface area contributed by atoms with Crippen molar-refractivity contribution in [2.24, 2.45) is 0 Å². The molecular weight excluding hydrogens is 268 g/mol. The number of hydrogen-bond donors (Lipinski definition) is 1. The summed E-state index contributed by atoms with van der Waals surface area (Å²) < 4.78 is 1.87. The fraction of sp³-hybridized carbons (Fsp3) is 0.786. The molecule has 1 atom stereocenters. The minimum absolute atomic E-state index is 0.0135. The summed E-state index contributed by atoms with van der Waals surface area (Å²) in [5, 5.41) is 11.6. The quantitative estimate of drug-likeness (QED) is 0.848. The highest BCUT2D eigenvalue weighted by molar-refractivity contribution is 5.92. The zero-order valence-electron chi connectivity index (χ0n) is 12.8. The van der Waals surface area contributed by atoms with Crippen LogP contribution in [0.25, 0.3) is 0 Å². The number of likely N-dealkylation sites (tertiary alicyclic amines) is 1. The van der Waals surface area contributed by atoms with Gasteiger partial charge in [0.05, 0.1) is 12.2 Å². The molecule has 1 amide bonds. The van der Waals surface area contributed by atoms with E-state index in [1.165, 1.54) is 0 Å². The monoisotopic (exact) mass is 292 g/mol. The Balaban J connectivity index is 1.64. The lowest BCUT2D eigenvalue weighted by Crippen LogP contribution is -2.34. The van der Waals surface area contributed by atoms with Crippen molar-refractivity contribution in [2.45, 2.75) is 31.3 Å². The first-order valence-electron chi connectivity index (χ1n) is 7.73. The maximum Gasteiger partial charge on any atom is 0.276 e. The van der Waals surface area contributed by atoms with Gasteiger partial charge >= 0.3 is 0 Å². The summed E-state index contributed by atoms with van der Waals surface area (Å²) in [7, 11) is 4.12. The normalized spacial score (nSPS) is 24.0. The van der Waals surface area contributed by atoms with Crippen molar-refractivity contribution in [3.05, 3.63) is 11.9 Å². The third-order valence-corrected chi connectivity index (χ3v) is 4.59. The van der Waals surface area contributed by atoms with E-state index in [1.807, 2.05) is 15.8 Å². The summed E-state index contributed by atoms with van der Waals surface area (Å²) in [4.78, 5) is 16.6. The molecule has 1 N–H and O–H groups in total. The topological polar surface area (TPSA) is 66.3 Å². The molecule has 0 bridgehead atoms. The van der Waals surface area contributed by atoms with Crippen LogP contribution in [0, 0.1) is 0 Å². The van der Waals surface area contributed by atoms with Crippen LogP contribution < -0.4 is 5.32 Å². The molecule has 0 spiro atoms. The van der Waals surface area contributed by atoms with Gasteiger partial charge in [0.1, 0.15) is 0 Å². The SMILES string of the molecule is CN(C)C1CCN(C(=O)c2cn(C3CCNCC3)nn2)C1. The minimum Gasteiger partial charge on any atom is -0.336 e. The molecule has 1 unspecified atom stereocenters. The van der Waals surface area contributed by atoms with Crippen LogP contribution in [0.3, 0.4) is 0 Å². The summed E-state index contributed by atoms with van der Waals surface area (Å²) in [5.41, 5.74) is 0.480. The predicted octanol–water partition coefficient (Wildman–Crippen LogP) is -0.0213. The van der Waals surface area contributed by atoms with Gasteiger partial charge in [0.2, 0.25) is 0 Å². The molecule has 7 heteroatoms. The van der Waals surface area contributed by atoms with Crippen LogP contribution in [0.1, 0.15) is 35.8 Å². The number of aromatic nitrogens is 3. The second kappa shape index (κ2) is 6.11. The summed E-state index contributed by atoms with van der Waals surface area (Å²) in [5.74, 6) is 0.0135. The van der Waals surface area contributed by atoms with E-state index in [1.54, 1.807) is 0 Å². The van der Waals surface area contributed by atoms with Crippen molar-refractivity contribution in [2.75, 3.05) is 40.3 Å². The van der Waals surface area contributed by atoms with Crippen LogP contribution >= 0.6 is 0 Å². The first-order chi connectivity index (χ1) is 10.1. The number of carbonyl (C=O) groups excluding carboxylic acids is 1. The van der Waals surface area contributed by atoms with Crippen molar-refractivity contribution in [1.29, 1.82) is 0 Å². The first-order valence-corrected chi connectivity index (χ1v) is 7.73. The van der Waals surface area contributed by atoms with Gasteiger partial charge in [-0.05, 0) is 46.4 Å². The van der Waals surface area contributed by atoms with Crippen molar-refractivity contribution in [3.8, 4) is 0 Å². The van der Waals surface area contributed by atoms with Crippen LogP contribution in [-0.4, -0.2) is 77.0 Å². The molecule has 7 nitrogen and oxygen atoms in total. The molecule has 2 aliphatic heterocycles. The fourth-order valence-corrected chi connectivity index (χ4v) is 3.13. The third-order valence-electron chi connectivity index (χ3n) is 4.59. The molecule has 0 aromatic carbocycles. The number of likely N-dealkylation sites (N-methyl/N-ethyl adjacent to an activating group) is 1. The number of nitrogens with zero attached hydrogens (tertiary/aromatic N) is 5. The highest BCUT2D eigenvalue weighted by atomic mass is 16.2. The van der Waals surface area contributed by atoms with E-state index in [0.717, 1.165) is 45.4 Å². The van der Waals surface area contributed by atoms with Crippen molar-refractivity contribution in [1.82, 2.24) is 30.1 Å². The second-order valence-corrected chi connectivity index (χ2v) is 6.22. The molecule has 0 saturated carbocycles. The van der Waals surface area contributed by atoms with Gasteiger partial charge in [0.15, 0.2) is 5.69 Å². The van der Waals surface area contributed by atoms with Crippen molar-refractivity contribution >= 4 is 5.91 Å². The Morgan fingerprint density at radius 1 is 1.33 bits per heavy atom. The number of hydrogen-bond acceptors (Lipinski definition) is 5. The summed E-state index contributed by atoms with van der Waals surface area (Å²) in [6, 6.07) is 0.821. The second-order valence-electron chi connectivity index (χ2n) is 6.22. The number of carbonyl (C=O) groups is 1. The Morgan fingerprint density at radius 3 is 2.76 bits per heavy atom. The first kappa shape index (κ1) is 14.5. The van der Waals surface area contributed by atoms with Gasteiger partial charge in [0.25, 0.3) is 5.91 Å². The molecule has 2 saturated heterocycles. The van der Waals surface area contributed by atoms with Gasteiger partial charge in [-0.3, -0.25) is 4.79 Å². The largest absolute Gasteiger partial charge is 0.336 e. The van der Waals surface area contributed by atoms with E-state index >= 15 is 0 Å². The van der Waals surface area contributed by atoms with Gasteiger partial charge < -0.3 is 15.1 Å². The fourth-order valence-electron chi connectivity index (χ4n) is 3.13. The Bertz CT molecular complexity index is 493. The van der Waals surface area contributed by atoms with Crippen LogP contribution in [0.5, 0.6) is 0 Å². The maximum atomic E-state index is 12.5. The number of piperidine rings is 1. The molecule has 0 aliphatic carbocycles. The van der Waals surface area contributed by atoms with E-state index in [9.17, 15) is 4.79 Å². The van der Waals surface area contributed by atoms with Gasteiger partial charge in [-0.1, -0.05) is 5.21 Å². The minimum atomic E-state index is 0.0135. The Morgan fingerprint density at radius 2 is 2.10 bits per heavy atom. The lowest BCUT2D eigenvalue weighted by atomic mass is 10.1. The molecule has 3 heterocycles. The van der Waals surface area contributed by atoms with Gasteiger partial charge in [-0.15, -0.1) is 5.10 Å². The molecule has 2 fully saturated rings. The molecule has 0 radical (unpaired) electrons. The zero-order chi connectivity index (χ0) is 14.8. The van der Waals surface area contributed by atoms with E-state index < -0.39 is 0 Å². The lowest BCUT2D eigenvalue weighted by molar-refractivity contribution is 0.0777. The maximum absolute atomic E-state index is 12.5.